The summed E-state index contributed by atoms with van der Waals surface area (Å²) in [4.78, 5) is 13.9. The standard InChI is InChI=1S/C6H4NO.Al/c8-5-6-2-1-3-7-4-6;/h1,3-5H;. The minimum absolute atomic E-state index is 0.627. The van der Waals surface area contributed by atoms with Gasteiger partial charge in [0.1, 0.15) is 6.29 Å². The maximum absolute atomic E-state index is 10.2. The second kappa shape index (κ2) is 2.77. The lowest BCUT2D eigenvalue weighted by Crippen LogP contribution is -2.08. The average molecular weight is 133 g/mol. The van der Waals surface area contributed by atoms with Crippen molar-refractivity contribution < 1.29 is 4.79 Å². The highest BCUT2D eigenvalue weighted by Gasteiger charge is 1.89. The van der Waals surface area contributed by atoms with Crippen LogP contribution in [0.1, 0.15) is 10.4 Å². The van der Waals surface area contributed by atoms with E-state index in [0.717, 1.165) is 10.7 Å². The van der Waals surface area contributed by atoms with Crippen molar-refractivity contribution in [3.8, 4) is 0 Å². The molecule has 0 saturated carbocycles. The van der Waals surface area contributed by atoms with Crippen LogP contribution in [-0.4, -0.2) is 27.6 Å². The molecule has 0 saturated heterocycles. The number of hydrogen-bond acceptors (Lipinski definition) is 2. The van der Waals surface area contributed by atoms with Crippen LogP contribution in [0.15, 0.2) is 18.5 Å². The van der Waals surface area contributed by atoms with Crippen LogP contribution in [0, 0.1) is 0 Å². The molecule has 1 heterocycles. The summed E-state index contributed by atoms with van der Waals surface area (Å²) in [6.45, 7) is 0. The first kappa shape index (κ1) is 6.47. The van der Waals surface area contributed by atoms with Gasteiger partial charge in [-0.1, -0.05) is 6.07 Å². The number of nitrogens with zero attached hydrogens (tertiary/aromatic N) is 1. The lowest BCUT2D eigenvalue weighted by molar-refractivity contribution is 0.112. The first-order valence-electron chi connectivity index (χ1n) is 2.49. The van der Waals surface area contributed by atoms with Gasteiger partial charge in [0.2, 0.25) is 0 Å². The van der Waals surface area contributed by atoms with Crippen LogP contribution in [0.5, 0.6) is 0 Å². The fourth-order valence-electron chi connectivity index (χ4n) is 0.516. The molecule has 0 aliphatic rings. The van der Waals surface area contributed by atoms with Crippen LogP contribution >= 0.6 is 0 Å². The maximum Gasteiger partial charge on any atom is 0.176 e. The number of pyridine rings is 1. The Kier molecular flexibility index (Phi) is 1.99. The van der Waals surface area contributed by atoms with Crippen LogP contribution in [-0.2, 0) is 0 Å². The third-order valence-corrected chi connectivity index (χ3v) is 1.54. The van der Waals surface area contributed by atoms with Gasteiger partial charge in [-0.2, -0.15) is 0 Å². The molecule has 0 aliphatic heterocycles. The van der Waals surface area contributed by atoms with E-state index in [1.54, 1.807) is 12.3 Å². The topological polar surface area (TPSA) is 30.0 Å². The highest BCUT2D eigenvalue weighted by Crippen LogP contribution is 1.83. The van der Waals surface area contributed by atoms with Gasteiger partial charge < -0.3 is 0 Å². The molecule has 0 bridgehead atoms. The molecule has 3 heteroatoms. The van der Waals surface area contributed by atoms with Crippen molar-refractivity contribution in [2.45, 2.75) is 0 Å². The van der Waals surface area contributed by atoms with E-state index in [1.165, 1.54) is 6.20 Å². The summed E-state index contributed by atoms with van der Waals surface area (Å²) in [5.41, 5.74) is 0.627. The molecule has 0 amide bonds. The van der Waals surface area contributed by atoms with E-state index in [0.29, 0.717) is 5.56 Å². The van der Waals surface area contributed by atoms with Gasteiger partial charge in [-0.25, -0.2) is 0 Å². The Morgan fingerprint density at radius 2 is 2.44 bits per heavy atom. The smallest absolute Gasteiger partial charge is 0.176 e. The second-order valence-corrected chi connectivity index (χ2v) is 2.24. The summed E-state index contributed by atoms with van der Waals surface area (Å²) in [5, 5.41) is 0. The highest BCUT2D eigenvalue weighted by molar-refractivity contribution is 6.35. The van der Waals surface area contributed by atoms with Gasteiger partial charge in [0.25, 0.3) is 0 Å². The van der Waals surface area contributed by atoms with E-state index in [4.69, 9.17) is 0 Å². The summed E-state index contributed by atoms with van der Waals surface area (Å²) in [7, 11) is 0. The first-order valence-corrected chi connectivity index (χ1v) is 3.07. The normalized spacial score (nSPS) is 8.89. The van der Waals surface area contributed by atoms with Crippen molar-refractivity contribution in [2.24, 2.45) is 0 Å². The summed E-state index contributed by atoms with van der Waals surface area (Å²) < 4.78 is 0.889. The van der Waals surface area contributed by atoms with Gasteiger partial charge in [-0.05, 0) is 0 Å². The number of carbonyl (C=O) groups is 1. The lowest BCUT2D eigenvalue weighted by Gasteiger charge is -1.93. The molecule has 0 fully saturated rings. The van der Waals surface area contributed by atoms with Crippen LogP contribution in [0.25, 0.3) is 0 Å². The second-order valence-electron chi connectivity index (χ2n) is 1.62. The number of aldehydes is 1. The van der Waals surface area contributed by atoms with Crippen molar-refractivity contribution in [2.75, 3.05) is 0 Å². The zero-order valence-electron chi connectivity index (χ0n) is 4.74. The largest absolute Gasteiger partial charge is 0.298 e. The zero-order valence-corrected chi connectivity index (χ0v) is 5.90. The minimum Gasteiger partial charge on any atom is -0.298 e. The minimum atomic E-state index is 0.627. The van der Waals surface area contributed by atoms with Crippen molar-refractivity contribution in [3.63, 3.8) is 0 Å². The molecule has 9 heavy (non-hydrogen) atoms. The molecule has 0 aromatic carbocycles. The van der Waals surface area contributed by atoms with Crippen LogP contribution in [0.2, 0.25) is 0 Å². The fraction of sp³-hybridized carbons (Fsp3) is 0. The Morgan fingerprint density at radius 3 is 2.89 bits per heavy atom. The third-order valence-electron chi connectivity index (χ3n) is 1.01. The predicted octanol–water partition coefficient (Wildman–Crippen LogP) is -0.312. The Morgan fingerprint density at radius 1 is 1.67 bits per heavy atom. The highest BCUT2D eigenvalue weighted by atomic mass is 27.0. The van der Waals surface area contributed by atoms with E-state index in [-0.39, 0.29) is 0 Å². The molecule has 0 unspecified atom stereocenters. The molecule has 1 aromatic heterocycles. The predicted molar refractivity (Wildman–Crippen MR) is 35.0 cm³/mol. The Labute approximate surface area is 61.3 Å². The molecule has 0 N–H and O–H groups in total. The first-order chi connectivity index (χ1) is 4.34. The van der Waals surface area contributed by atoms with Gasteiger partial charge >= 0.3 is 0 Å². The number of hydrogen-bond donors (Lipinski definition) is 0. The third kappa shape index (κ3) is 1.38. The maximum atomic E-state index is 10.2. The molecule has 0 spiro atoms. The number of carbonyl (C=O) groups excluding carboxylic acids is 1. The quantitative estimate of drug-likeness (QED) is 0.388. The van der Waals surface area contributed by atoms with E-state index in [2.05, 4.69) is 21.3 Å². The SMILES string of the molecule is O=Cc1cncc[c]1[Al]. The van der Waals surface area contributed by atoms with Crippen LogP contribution in [0.4, 0.5) is 0 Å². The van der Waals surface area contributed by atoms with Gasteiger partial charge in [0.05, 0.1) is 0 Å². The van der Waals surface area contributed by atoms with Gasteiger partial charge in [0.15, 0.2) is 16.3 Å². The lowest BCUT2D eigenvalue weighted by atomic mass is 10.3. The van der Waals surface area contributed by atoms with Gasteiger partial charge in [0, 0.05) is 18.0 Å². The summed E-state index contributed by atoms with van der Waals surface area (Å²) in [6, 6.07) is 1.77. The monoisotopic (exact) mass is 133 g/mol. The van der Waals surface area contributed by atoms with E-state index in [1.807, 2.05) is 0 Å². The Bertz CT molecular complexity index is 224. The van der Waals surface area contributed by atoms with E-state index < -0.39 is 0 Å². The molecular weight excluding hydrogens is 129 g/mol. The zero-order chi connectivity index (χ0) is 6.69. The number of aromatic nitrogens is 1. The molecule has 42 valence electrons. The van der Waals surface area contributed by atoms with Crippen molar-refractivity contribution in [1.29, 1.82) is 0 Å². The fourth-order valence-corrected chi connectivity index (χ4v) is 0.745. The van der Waals surface area contributed by atoms with Crippen molar-refractivity contribution in [1.82, 2.24) is 4.98 Å². The number of rotatable bonds is 1. The summed E-state index contributed by atoms with van der Waals surface area (Å²) >= 11 is 2.46. The molecule has 2 nitrogen and oxygen atoms in total. The van der Waals surface area contributed by atoms with Crippen molar-refractivity contribution in [3.05, 3.63) is 24.0 Å². The summed E-state index contributed by atoms with van der Waals surface area (Å²) in [5.74, 6) is 0. The molecule has 0 atom stereocenters. The van der Waals surface area contributed by atoms with Crippen LogP contribution in [0.3, 0.4) is 0 Å². The van der Waals surface area contributed by atoms with Crippen LogP contribution < -0.4 is 4.43 Å². The summed E-state index contributed by atoms with van der Waals surface area (Å²) in [6.07, 6.45) is 3.97. The molecule has 0 aliphatic carbocycles. The Balaban J connectivity index is 3.15. The molecule has 1 aromatic rings. The van der Waals surface area contributed by atoms with Crippen molar-refractivity contribution >= 4 is 27.0 Å². The van der Waals surface area contributed by atoms with E-state index in [9.17, 15) is 4.79 Å². The molecule has 2 radical (unpaired) electrons. The Hall–Kier alpha value is -0.648. The molecule has 1 rings (SSSR count). The average Bonchev–Trinajstić information content (AvgIpc) is 1.89. The van der Waals surface area contributed by atoms with Gasteiger partial charge in [-0.15, -0.1) is 4.43 Å². The van der Waals surface area contributed by atoms with E-state index >= 15 is 0 Å². The molecular formula is C6H4AlNO. The van der Waals surface area contributed by atoms with Gasteiger partial charge in [-0.3, -0.25) is 9.78 Å².